The first-order valence-corrected chi connectivity index (χ1v) is 7.82. The minimum Gasteiger partial charge on any atom is -0.406 e. The van der Waals surface area contributed by atoms with Crippen LogP contribution in [0.15, 0.2) is 54.6 Å². The molecule has 2 N–H and O–H groups in total. The molecule has 2 aromatic carbocycles. The van der Waals surface area contributed by atoms with Gasteiger partial charge in [0.05, 0.1) is 0 Å². The molecule has 0 unspecified atom stereocenters. The monoisotopic (exact) mass is 366 g/mol. The Morgan fingerprint density at radius 3 is 2.42 bits per heavy atom. The summed E-state index contributed by atoms with van der Waals surface area (Å²) in [6.45, 7) is 0.304. The van der Waals surface area contributed by atoms with Crippen LogP contribution in [0.5, 0.6) is 5.75 Å². The number of halogens is 3. The highest BCUT2D eigenvalue weighted by Gasteiger charge is 2.31. The maximum atomic E-state index is 12.2. The van der Waals surface area contributed by atoms with Gasteiger partial charge in [0.1, 0.15) is 5.75 Å². The molecule has 2 rings (SSSR count). The first kappa shape index (κ1) is 19.3. The molecule has 0 atom stereocenters. The number of ether oxygens (including phenoxy) is 1. The highest BCUT2D eigenvalue weighted by molar-refractivity contribution is 5.94. The largest absolute Gasteiger partial charge is 0.573 e. The Hall–Kier alpha value is -3.03. The van der Waals surface area contributed by atoms with Crippen LogP contribution in [0.4, 0.5) is 18.9 Å². The fourth-order valence-corrected chi connectivity index (χ4v) is 2.14. The van der Waals surface area contributed by atoms with Crippen molar-refractivity contribution in [2.24, 2.45) is 0 Å². The minimum atomic E-state index is -4.79. The van der Waals surface area contributed by atoms with Crippen molar-refractivity contribution in [1.29, 1.82) is 0 Å². The second-order valence-corrected chi connectivity index (χ2v) is 5.35. The molecule has 0 heterocycles. The number of carbonyl (C=O) groups excluding carboxylic acids is 2. The van der Waals surface area contributed by atoms with Gasteiger partial charge in [-0.1, -0.05) is 24.3 Å². The first-order chi connectivity index (χ1) is 12.3. The Labute approximate surface area is 148 Å². The van der Waals surface area contributed by atoms with Crippen LogP contribution >= 0.6 is 0 Å². The Morgan fingerprint density at radius 1 is 1.00 bits per heavy atom. The van der Waals surface area contributed by atoms with Crippen molar-refractivity contribution in [3.63, 3.8) is 0 Å². The number of nitrogens with one attached hydrogen (secondary N) is 2. The number of hydrogen-bond donors (Lipinski definition) is 2. The third-order valence-electron chi connectivity index (χ3n) is 3.25. The number of rotatable bonds is 7. The van der Waals surface area contributed by atoms with Crippen molar-refractivity contribution in [3.8, 4) is 5.75 Å². The molecule has 26 heavy (non-hydrogen) atoms. The Morgan fingerprint density at radius 2 is 1.73 bits per heavy atom. The quantitative estimate of drug-likeness (QED) is 0.734. The van der Waals surface area contributed by atoms with Crippen LogP contribution in [-0.4, -0.2) is 24.7 Å². The fourth-order valence-electron chi connectivity index (χ4n) is 2.14. The van der Waals surface area contributed by atoms with Gasteiger partial charge in [-0.25, -0.2) is 0 Å². The smallest absolute Gasteiger partial charge is 0.406 e. The van der Waals surface area contributed by atoms with Crippen molar-refractivity contribution >= 4 is 17.5 Å². The summed E-state index contributed by atoms with van der Waals surface area (Å²) >= 11 is 0. The van der Waals surface area contributed by atoms with Crippen molar-refractivity contribution in [3.05, 3.63) is 60.2 Å². The molecular formula is C18H17F3N2O3. The minimum absolute atomic E-state index is 0.111. The summed E-state index contributed by atoms with van der Waals surface area (Å²) < 4.78 is 40.3. The molecule has 0 bridgehead atoms. The van der Waals surface area contributed by atoms with Crippen molar-refractivity contribution < 1.29 is 27.5 Å². The van der Waals surface area contributed by atoms with Crippen molar-refractivity contribution in [2.45, 2.75) is 19.2 Å². The van der Waals surface area contributed by atoms with Crippen LogP contribution in [0.25, 0.3) is 0 Å². The third kappa shape index (κ3) is 6.84. The number of benzene rings is 2. The summed E-state index contributed by atoms with van der Waals surface area (Å²) in [4.78, 5) is 23.7. The summed E-state index contributed by atoms with van der Waals surface area (Å²) in [6.07, 6.45) is -4.29. The van der Waals surface area contributed by atoms with Crippen LogP contribution in [0.1, 0.15) is 23.2 Å². The molecule has 0 aliphatic carbocycles. The highest BCUT2D eigenvalue weighted by Crippen LogP contribution is 2.25. The fraction of sp³-hybridized carbons (Fsp3) is 0.222. The lowest BCUT2D eigenvalue weighted by Crippen LogP contribution is -2.25. The molecule has 0 spiro atoms. The maximum Gasteiger partial charge on any atom is 0.573 e. The van der Waals surface area contributed by atoms with Gasteiger partial charge in [-0.05, 0) is 30.7 Å². The van der Waals surface area contributed by atoms with Crippen LogP contribution in [0.2, 0.25) is 0 Å². The summed E-state index contributed by atoms with van der Waals surface area (Å²) in [7, 11) is 0. The standard InChI is InChI=1S/C18H17F3N2O3/c19-18(20,21)26-15-9-4-8-14(12-15)23-16(24)10-5-11-22-17(25)13-6-2-1-3-7-13/h1-4,6-9,12H,5,10-11H2,(H,22,25)(H,23,24). The third-order valence-corrected chi connectivity index (χ3v) is 3.25. The SMILES string of the molecule is O=C(CCCNC(=O)c1ccccc1)Nc1cccc(OC(F)(F)F)c1. The van der Waals surface area contributed by atoms with E-state index in [9.17, 15) is 22.8 Å². The molecule has 0 fully saturated rings. The number of amides is 2. The molecule has 2 aromatic rings. The molecule has 8 heteroatoms. The van der Waals surface area contributed by atoms with Gasteiger partial charge in [0.2, 0.25) is 5.91 Å². The van der Waals surface area contributed by atoms with Gasteiger partial charge in [0.15, 0.2) is 0 Å². The van der Waals surface area contributed by atoms with Gasteiger partial charge in [-0.3, -0.25) is 9.59 Å². The van der Waals surface area contributed by atoms with E-state index in [1.165, 1.54) is 12.1 Å². The van der Waals surface area contributed by atoms with E-state index in [0.29, 0.717) is 18.5 Å². The molecule has 0 saturated heterocycles. The zero-order valence-corrected chi connectivity index (χ0v) is 13.7. The van der Waals surface area contributed by atoms with Gasteiger partial charge < -0.3 is 15.4 Å². The van der Waals surface area contributed by atoms with E-state index in [-0.39, 0.29) is 23.9 Å². The predicted molar refractivity (Wildman–Crippen MR) is 89.8 cm³/mol. The van der Waals surface area contributed by atoms with Gasteiger partial charge >= 0.3 is 6.36 Å². The van der Waals surface area contributed by atoms with Gasteiger partial charge in [0.25, 0.3) is 5.91 Å². The highest BCUT2D eigenvalue weighted by atomic mass is 19.4. The van der Waals surface area contributed by atoms with E-state index in [0.717, 1.165) is 12.1 Å². The molecule has 0 aromatic heterocycles. The lowest BCUT2D eigenvalue weighted by atomic mass is 10.2. The van der Waals surface area contributed by atoms with E-state index in [4.69, 9.17) is 0 Å². The van der Waals surface area contributed by atoms with E-state index >= 15 is 0 Å². The topological polar surface area (TPSA) is 67.4 Å². The van der Waals surface area contributed by atoms with Crippen molar-refractivity contribution in [2.75, 3.05) is 11.9 Å². The molecule has 2 amide bonds. The van der Waals surface area contributed by atoms with Gasteiger partial charge in [-0.2, -0.15) is 0 Å². The molecule has 0 radical (unpaired) electrons. The first-order valence-electron chi connectivity index (χ1n) is 7.82. The second-order valence-electron chi connectivity index (χ2n) is 5.35. The molecule has 0 aliphatic rings. The van der Waals surface area contributed by atoms with Gasteiger partial charge in [0, 0.05) is 30.3 Å². The molecule has 0 saturated carbocycles. The Bertz CT molecular complexity index is 749. The van der Waals surface area contributed by atoms with E-state index < -0.39 is 12.1 Å². The number of alkyl halides is 3. The Kier molecular flexibility index (Phi) is 6.60. The van der Waals surface area contributed by atoms with Crippen LogP contribution in [0.3, 0.4) is 0 Å². The average Bonchev–Trinajstić information content (AvgIpc) is 2.58. The zero-order chi connectivity index (χ0) is 19.0. The maximum absolute atomic E-state index is 12.2. The molecule has 0 aliphatic heterocycles. The number of carbonyl (C=O) groups is 2. The average molecular weight is 366 g/mol. The predicted octanol–water partition coefficient (Wildman–Crippen LogP) is 3.73. The second kappa shape index (κ2) is 8.89. The zero-order valence-electron chi connectivity index (χ0n) is 13.7. The lowest BCUT2D eigenvalue weighted by molar-refractivity contribution is -0.274. The van der Waals surface area contributed by atoms with E-state index in [2.05, 4.69) is 15.4 Å². The normalized spacial score (nSPS) is 10.9. The summed E-state index contributed by atoms with van der Waals surface area (Å²) in [5.74, 6) is -1.02. The van der Waals surface area contributed by atoms with Gasteiger partial charge in [-0.15, -0.1) is 13.2 Å². The number of hydrogen-bond acceptors (Lipinski definition) is 3. The summed E-state index contributed by atoms with van der Waals surface area (Å²) in [6, 6.07) is 13.7. The van der Waals surface area contributed by atoms with Crippen LogP contribution < -0.4 is 15.4 Å². The van der Waals surface area contributed by atoms with Crippen LogP contribution in [0, 0.1) is 0 Å². The van der Waals surface area contributed by atoms with E-state index in [1.54, 1.807) is 30.3 Å². The molecular weight excluding hydrogens is 349 g/mol. The Balaban J connectivity index is 1.74. The van der Waals surface area contributed by atoms with Crippen molar-refractivity contribution in [1.82, 2.24) is 5.32 Å². The summed E-state index contributed by atoms with van der Waals surface area (Å²) in [5, 5.41) is 5.18. The summed E-state index contributed by atoms with van der Waals surface area (Å²) in [5.41, 5.74) is 0.725. The van der Waals surface area contributed by atoms with Crippen LogP contribution in [-0.2, 0) is 4.79 Å². The molecule has 138 valence electrons. The number of anilines is 1. The lowest BCUT2D eigenvalue weighted by Gasteiger charge is -2.11. The molecule has 5 nitrogen and oxygen atoms in total. The van der Waals surface area contributed by atoms with E-state index in [1.807, 2.05) is 0 Å².